The minimum Gasteiger partial charge on any atom is -0.368 e. The number of rotatable bonds is 7. The first kappa shape index (κ1) is 17.5. The predicted molar refractivity (Wildman–Crippen MR) is 90.0 cm³/mol. The Bertz CT molecular complexity index is 574. The van der Waals surface area contributed by atoms with Crippen molar-refractivity contribution in [1.29, 1.82) is 0 Å². The van der Waals surface area contributed by atoms with E-state index in [4.69, 9.17) is 11.6 Å². The zero-order valence-electron chi connectivity index (χ0n) is 12.8. The molecule has 1 aromatic heterocycles. The number of hydrogen-bond acceptors (Lipinski definition) is 5. The summed E-state index contributed by atoms with van der Waals surface area (Å²) in [5.41, 5.74) is 1.03. The first-order valence-electron chi connectivity index (χ1n) is 7.56. The lowest BCUT2D eigenvalue weighted by Gasteiger charge is -2.36. The van der Waals surface area contributed by atoms with E-state index < -0.39 is 10.0 Å². The van der Waals surface area contributed by atoms with Crippen molar-refractivity contribution in [3.05, 3.63) is 23.5 Å². The van der Waals surface area contributed by atoms with Gasteiger partial charge in [-0.25, -0.2) is 13.1 Å². The highest BCUT2D eigenvalue weighted by atomic mass is 35.5. The van der Waals surface area contributed by atoms with Crippen molar-refractivity contribution in [1.82, 2.24) is 14.6 Å². The fraction of sp³-hybridized carbons (Fsp3) is 0.643. The van der Waals surface area contributed by atoms with E-state index in [0.717, 1.165) is 44.8 Å². The molecule has 0 spiro atoms. The third kappa shape index (κ3) is 5.08. The average Bonchev–Trinajstić information content (AvgIpc) is 2.53. The van der Waals surface area contributed by atoms with E-state index in [-0.39, 0.29) is 5.75 Å². The first-order valence-corrected chi connectivity index (χ1v) is 9.59. The minimum absolute atomic E-state index is 0.137. The van der Waals surface area contributed by atoms with E-state index in [2.05, 4.69) is 19.5 Å². The molecule has 1 N–H and O–H groups in total. The number of nitrogens with zero attached hydrogens (tertiary/aromatic N) is 3. The number of anilines is 1. The Hall–Kier alpha value is -0.890. The molecular weight excluding hydrogens is 324 g/mol. The maximum atomic E-state index is 11.3. The van der Waals surface area contributed by atoms with Crippen LogP contribution in [-0.4, -0.2) is 63.3 Å². The smallest absolute Gasteiger partial charge is 0.211 e. The van der Waals surface area contributed by atoms with Crippen LogP contribution in [0.2, 0.25) is 5.02 Å². The molecule has 2 rings (SSSR count). The Labute approximate surface area is 137 Å². The Balaban J connectivity index is 1.71. The van der Waals surface area contributed by atoms with Gasteiger partial charge in [-0.3, -0.25) is 9.88 Å². The second-order valence-corrected chi connectivity index (χ2v) is 7.81. The standard InChI is InChI=1S/C14H23ClN4O2S/c1-2-22(20,21)17-5-3-7-18-8-10-19(11-9-18)14-4-6-16-12-13(14)15/h4,6,12,17H,2-3,5,7-11H2,1H3. The molecule has 0 aliphatic carbocycles. The molecule has 0 unspecified atom stereocenters. The van der Waals surface area contributed by atoms with E-state index in [1.807, 2.05) is 6.07 Å². The van der Waals surface area contributed by atoms with Crippen molar-refractivity contribution in [3.63, 3.8) is 0 Å². The average molecular weight is 347 g/mol. The minimum atomic E-state index is -3.07. The second kappa shape index (κ2) is 8.10. The molecule has 1 aromatic rings. The molecule has 0 amide bonds. The number of aromatic nitrogens is 1. The van der Waals surface area contributed by atoms with E-state index >= 15 is 0 Å². The number of piperazine rings is 1. The molecule has 0 radical (unpaired) electrons. The molecule has 124 valence electrons. The lowest BCUT2D eigenvalue weighted by Crippen LogP contribution is -2.47. The van der Waals surface area contributed by atoms with E-state index in [1.165, 1.54) is 0 Å². The van der Waals surface area contributed by atoms with Crippen molar-refractivity contribution in [2.45, 2.75) is 13.3 Å². The molecule has 1 fully saturated rings. The van der Waals surface area contributed by atoms with Crippen molar-refractivity contribution < 1.29 is 8.42 Å². The summed E-state index contributed by atoms with van der Waals surface area (Å²) in [5.74, 6) is 0.137. The van der Waals surface area contributed by atoms with Gasteiger partial charge in [0.1, 0.15) is 0 Å². The highest BCUT2D eigenvalue weighted by Crippen LogP contribution is 2.24. The third-order valence-corrected chi connectivity index (χ3v) is 5.51. The first-order chi connectivity index (χ1) is 10.5. The van der Waals surface area contributed by atoms with E-state index in [1.54, 1.807) is 19.3 Å². The van der Waals surface area contributed by atoms with Crippen LogP contribution < -0.4 is 9.62 Å². The van der Waals surface area contributed by atoms with Gasteiger partial charge in [-0.05, 0) is 26.0 Å². The van der Waals surface area contributed by atoms with Gasteiger partial charge in [0.2, 0.25) is 10.0 Å². The molecule has 2 heterocycles. The van der Waals surface area contributed by atoms with Gasteiger partial charge in [0.15, 0.2) is 0 Å². The van der Waals surface area contributed by atoms with Gasteiger partial charge in [0, 0.05) is 45.1 Å². The number of halogens is 1. The summed E-state index contributed by atoms with van der Waals surface area (Å²) < 4.78 is 25.3. The monoisotopic (exact) mass is 346 g/mol. The molecule has 1 aliphatic rings. The van der Waals surface area contributed by atoms with Crippen molar-refractivity contribution in [2.75, 3.05) is 49.9 Å². The van der Waals surface area contributed by atoms with Gasteiger partial charge >= 0.3 is 0 Å². The van der Waals surface area contributed by atoms with Gasteiger partial charge in [0.05, 0.1) is 16.5 Å². The summed E-state index contributed by atoms with van der Waals surface area (Å²) in [6, 6.07) is 1.94. The van der Waals surface area contributed by atoms with Crippen LogP contribution in [0.15, 0.2) is 18.5 Å². The molecule has 0 aromatic carbocycles. The fourth-order valence-corrected chi connectivity index (χ4v) is 3.37. The Kier molecular flexibility index (Phi) is 6.43. The molecule has 6 nitrogen and oxygen atoms in total. The highest BCUT2D eigenvalue weighted by molar-refractivity contribution is 7.89. The number of hydrogen-bond donors (Lipinski definition) is 1. The van der Waals surface area contributed by atoms with Crippen LogP contribution in [0.4, 0.5) is 5.69 Å². The summed E-state index contributed by atoms with van der Waals surface area (Å²) in [4.78, 5) is 8.62. The predicted octanol–water partition coefficient (Wildman–Crippen LogP) is 1.19. The molecule has 22 heavy (non-hydrogen) atoms. The lowest BCUT2D eigenvalue weighted by molar-refractivity contribution is 0.255. The third-order valence-electron chi connectivity index (χ3n) is 3.82. The van der Waals surface area contributed by atoms with E-state index in [9.17, 15) is 8.42 Å². The molecule has 1 saturated heterocycles. The van der Waals surface area contributed by atoms with Crippen LogP contribution in [0, 0.1) is 0 Å². The number of pyridine rings is 1. The van der Waals surface area contributed by atoms with Gasteiger partial charge < -0.3 is 4.90 Å². The molecule has 8 heteroatoms. The van der Waals surface area contributed by atoms with Crippen LogP contribution in [0.3, 0.4) is 0 Å². The molecular formula is C14H23ClN4O2S. The van der Waals surface area contributed by atoms with Gasteiger partial charge in [-0.1, -0.05) is 11.6 Å². The van der Waals surface area contributed by atoms with Crippen molar-refractivity contribution >= 4 is 27.3 Å². The Morgan fingerprint density at radius 1 is 1.32 bits per heavy atom. The largest absolute Gasteiger partial charge is 0.368 e. The molecule has 0 saturated carbocycles. The van der Waals surface area contributed by atoms with Gasteiger partial charge in [-0.2, -0.15) is 0 Å². The zero-order valence-corrected chi connectivity index (χ0v) is 14.4. The zero-order chi connectivity index (χ0) is 16.0. The Morgan fingerprint density at radius 3 is 2.68 bits per heavy atom. The van der Waals surface area contributed by atoms with Crippen LogP contribution in [0.5, 0.6) is 0 Å². The summed E-state index contributed by atoms with van der Waals surface area (Å²) >= 11 is 6.17. The normalized spacial score (nSPS) is 16.9. The summed E-state index contributed by atoms with van der Waals surface area (Å²) in [6.45, 7) is 6.82. The quantitative estimate of drug-likeness (QED) is 0.751. The van der Waals surface area contributed by atoms with E-state index in [0.29, 0.717) is 11.6 Å². The molecule has 0 bridgehead atoms. The maximum absolute atomic E-state index is 11.3. The second-order valence-electron chi connectivity index (χ2n) is 5.31. The van der Waals surface area contributed by atoms with Crippen LogP contribution in [0.1, 0.15) is 13.3 Å². The summed E-state index contributed by atoms with van der Waals surface area (Å²) in [6.07, 6.45) is 4.26. The lowest BCUT2D eigenvalue weighted by atomic mass is 10.2. The Morgan fingerprint density at radius 2 is 2.05 bits per heavy atom. The topological polar surface area (TPSA) is 65.5 Å². The summed E-state index contributed by atoms with van der Waals surface area (Å²) in [7, 11) is -3.07. The molecule has 0 atom stereocenters. The molecule has 1 aliphatic heterocycles. The number of nitrogens with one attached hydrogen (secondary N) is 1. The van der Waals surface area contributed by atoms with Crippen LogP contribution >= 0.6 is 11.6 Å². The van der Waals surface area contributed by atoms with Gasteiger partial charge in [0.25, 0.3) is 0 Å². The fourth-order valence-electron chi connectivity index (χ4n) is 2.47. The highest BCUT2D eigenvalue weighted by Gasteiger charge is 2.18. The van der Waals surface area contributed by atoms with Crippen molar-refractivity contribution in [2.24, 2.45) is 0 Å². The van der Waals surface area contributed by atoms with Crippen molar-refractivity contribution in [3.8, 4) is 0 Å². The number of sulfonamides is 1. The summed E-state index contributed by atoms with van der Waals surface area (Å²) in [5, 5.41) is 0.685. The van der Waals surface area contributed by atoms with Crippen LogP contribution in [-0.2, 0) is 10.0 Å². The van der Waals surface area contributed by atoms with Gasteiger partial charge in [-0.15, -0.1) is 0 Å². The maximum Gasteiger partial charge on any atom is 0.211 e. The van der Waals surface area contributed by atoms with Crippen LogP contribution in [0.25, 0.3) is 0 Å². The SMILES string of the molecule is CCS(=O)(=O)NCCCN1CCN(c2ccncc2Cl)CC1.